The van der Waals surface area contributed by atoms with Crippen molar-refractivity contribution in [1.29, 1.82) is 0 Å². The summed E-state index contributed by atoms with van der Waals surface area (Å²) >= 11 is 8.73. The van der Waals surface area contributed by atoms with Gasteiger partial charge in [0.05, 0.1) is 5.69 Å². The summed E-state index contributed by atoms with van der Waals surface area (Å²) < 4.78 is 3.43. The molecule has 3 aromatic rings. The molecule has 1 aromatic heterocycles. The molecule has 0 spiro atoms. The fourth-order valence-electron chi connectivity index (χ4n) is 3.70. The first-order chi connectivity index (χ1) is 15.0. The summed E-state index contributed by atoms with van der Waals surface area (Å²) in [4.78, 5) is 17.1. The van der Waals surface area contributed by atoms with Crippen molar-refractivity contribution in [2.75, 3.05) is 27.2 Å². The third-order valence-electron chi connectivity index (χ3n) is 5.65. The lowest BCUT2D eigenvalue weighted by Gasteiger charge is -2.35. The second-order valence-electron chi connectivity index (χ2n) is 7.82. The summed E-state index contributed by atoms with van der Waals surface area (Å²) in [6.45, 7) is 2.07. The molecular weight excluding hydrogens is 444 g/mol. The number of likely N-dealkylation sites (tertiary alicyclic amines) is 1. The van der Waals surface area contributed by atoms with Gasteiger partial charge in [0.2, 0.25) is 0 Å². The van der Waals surface area contributed by atoms with E-state index in [4.69, 9.17) is 12.2 Å². The number of thioether (sulfide) groups is 1. The van der Waals surface area contributed by atoms with Gasteiger partial charge in [0.15, 0.2) is 8.29 Å². The van der Waals surface area contributed by atoms with Crippen LogP contribution < -0.4 is 0 Å². The van der Waals surface area contributed by atoms with Crippen LogP contribution in [-0.4, -0.2) is 58.7 Å². The van der Waals surface area contributed by atoms with Crippen molar-refractivity contribution >= 4 is 41.2 Å². The SMILES string of the molecule is CN1CCC(N(C)C(=O)c2ccc(-n3nc(SCc4ccccc4)sc3=S)cc2)CC1. The van der Waals surface area contributed by atoms with Crippen molar-refractivity contribution in [1.82, 2.24) is 19.6 Å². The van der Waals surface area contributed by atoms with Gasteiger partial charge in [0.1, 0.15) is 0 Å². The van der Waals surface area contributed by atoms with E-state index in [2.05, 4.69) is 29.2 Å². The molecule has 2 heterocycles. The van der Waals surface area contributed by atoms with Crippen molar-refractivity contribution in [3.63, 3.8) is 0 Å². The smallest absolute Gasteiger partial charge is 0.253 e. The first kappa shape index (κ1) is 22.2. The van der Waals surface area contributed by atoms with Gasteiger partial charge in [-0.1, -0.05) is 53.4 Å². The Morgan fingerprint density at radius 3 is 2.52 bits per heavy atom. The molecule has 8 heteroatoms. The normalized spacial score (nSPS) is 15.2. The standard InChI is InChI=1S/C23H26N4OS3/c1-25-14-12-19(13-15-25)26(2)21(28)18-8-10-20(11-9-18)27-23(29)31-22(24-27)30-16-17-6-4-3-5-7-17/h3-11,19H,12-16H2,1-2H3. The second kappa shape index (κ2) is 10.1. The topological polar surface area (TPSA) is 41.4 Å². The fourth-order valence-corrected chi connectivity index (χ4v) is 6.02. The van der Waals surface area contributed by atoms with Crippen LogP contribution in [0.15, 0.2) is 58.9 Å². The van der Waals surface area contributed by atoms with Crippen molar-refractivity contribution in [3.8, 4) is 5.69 Å². The molecule has 0 unspecified atom stereocenters. The third-order valence-corrected chi connectivity index (χ3v) is 8.09. The molecule has 2 aromatic carbocycles. The van der Waals surface area contributed by atoms with Crippen LogP contribution in [0, 0.1) is 3.95 Å². The van der Waals surface area contributed by atoms with Gasteiger partial charge in [-0.2, -0.15) is 0 Å². The lowest BCUT2D eigenvalue weighted by molar-refractivity contribution is 0.0659. The molecule has 0 bridgehead atoms. The number of hydrogen-bond acceptors (Lipinski definition) is 6. The minimum Gasteiger partial charge on any atom is -0.339 e. The molecule has 1 aliphatic heterocycles. The minimum absolute atomic E-state index is 0.0714. The molecule has 162 valence electrons. The fraction of sp³-hybridized carbons (Fsp3) is 0.348. The van der Waals surface area contributed by atoms with Crippen molar-refractivity contribution < 1.29 is 4.79 Å². The maximum absolute atomic E-state index is 12.9. The molecule has 0 N–H and O–H groups in total. The van der Waals surface area contributed by atoms with E-state index in [9.17, 15) is 4.79 Å². The average molecular weight is 471 g/mol. The quantitative estimate of drug-likeness (QED) is 0.369. The molecule has 1 amide bonds. The van der Waals surface area contributed by atoms with E-state index in [1.165, 1.54) is 16.9 Å². The van der Waals surface area contributed by atoms with E-state index in [0.29, 0.717) is 15.6 Å². The van der Waals surface area contributed by atoms with Crippen LogP contribution in [-0.2, 0) is 5.75 Å². The molecule has 0 aliphatic carbocycles. The maximum Gasteiger partial charge on any atom is 0.253 e. The summed E-state index contributed by atoms with van der Waals surface area (Å²) in [6.07, 6.45) is 2.04. The number of amides is 1. The Bertz CT molecular complexity index is 1070. The Kier molecular flexibility index (Phi) is 7.22. The second-order valence-corrected chi connectivity index (χ2v) is 10.7. The Hall–Kier alpha value is -2.00. The Balaban J connectivity index is 1.42. The highest BCUT2D eigenvalue weighted by atomic mass is 32.2. The first-order valence-corrected chi connectivity index (χ1v) is 12.6. The molecule has 4 rings (SSSR count). The van der Waals surface area contributed by atoms with Gasteiger partial charge in [0.25, 0.3) is 5.91 Å². The van der Waals surface area contributed by atoms with Crippen LogP contribution in [0.25, 0.3) is 5.69 Å². The van der Waals surface area contributed by atoms with E-state index >= 15 is 0 Å². The summed E-state index contributed by atoms with van der Waals surface area (Å²) in [6, 6.07) is 18.2. The van der Waals surface area contributed by atoms with E-state index in [0.717, 1.165) is 41.7 Å². The van der Waals surface area contributed by atoms with Gasteiger partial charge in [-0.3, -0.25) is 4.79 Å². The summed E-state index contributed by atoms with van der Waals surface area (Å²) in [7, 11) is 4.05. The minimum atomic E-state index is 0.0714. The molecule has 5 nitrogen and oxygen atoms in total. The summed E-state index contributed by atoms with van der Waals surface area (Å²) in [5.74, 6) is 0.932. The zero-order valence-electron chi connectivity index (χ0n) is 17.7. The highest BCUT2D eigenvalue weighted by molar-refractivity contribution is 8.00. The monoisotopic (exact) mass is 470 g/mol. The Morgan fingerprint density at radius 1 is 1.16 bits per heavy atom. The number of rotatable bonds is 6. The molecule has 1 saturated heterocycles. The van der Waals surface area contributed by atoms with Crippen LogP contribution >= 0.6 is 35.3 Å². The Labute approximate surface area is 196 Å². The van der Waals surface area contributed by atoms with Gasteiger partial charge in [-0.25, -0.2) is 4.68 Å². The molecule has 0 saturated carbocycles. The van der Waals surface area contributed by atoms with Crippen LogP contribution in [0.4, 0.5) is 0 Å². The lowest BCUT2D eigenvalue weighted by Crippen LogP contribution is -2.44. The van der Waals surface area contributed by atoms with Gasteiger partial charge in [-0.05, 0) is 75.0 Å². The van der Waals surface area contributed by atoms with E-state index in [1.54, 1.807) is 16.4 Å². The van der Waals surface area contributed by atoms with Gasteiger partial charge in [-0.15, -0.1) is 5.10 Å². The molecule has 31 heavy (non-hydrogen) atoms. The van der Waals surface area contributed by atoms with Gasteiger partial charge < -0.3 is 9.80 Å². The maximum atomic E-state index is 12.9. The van der Waals surface area contributed by atoms with Crippen molar-refractivity contribution in [2.24, 2.45) is 0 Å². The number of nitrogens with zero attached hydrogens (tertiary/aromatic N) is 4. The van der Waals surface area contributed by atoms with Gasteiger partial charge in [0, 0.05) is 24.4 Å². The molecule has 1 aliphatic rings. The van der Waals surface area contributed by atoms with Crippen LogP contribution in [0.3, 0.4) is 0 Å². The number of carbonyl (C=O) groups excluding carboxylic acids is 1. The molecule has 1 fully saturated rings. The molecular formula is C23H26N4OS3. The highest BCUT2D eigenvalue weighted by Crippen LogP contribution is 2.27. The zero-order chi connectivity index (χ0) is 21.8. The number of carbonyl (C=O) groups is 1. The zero-order valence-corrected chi connectivity index (χ0v) is 20.2. The van der Waals surface area contributed by atoms with Crippen molar-refractivity contribution in [3.05, 3.63) is 69.7 Å². The summed E-state index contributed by atoms with van der Waals surface area (Å²) in [5, 5.41) is 4.68. The Morgan fingerprint density at radius 2 is 1.84 bits per heavy atom. The van der Waals surface area contributed by atoms with Crippen LogP contribution in [0.2, 0.25) is 0 Å². The van der Waals surface area contributed by atoms with Crippen molar-refractivity contribution in [2.45, 2.75) is 29.0 Å². The predicted octanol–water partition coefficient (Wildman–Crippen LogP) is 5.12. The number of hydrogen-bond donors (Lipinski definition) is 0. The largest absolute Gasteiger partial charge is 0.339 e. The lowest BCUT2D eigenvalue weighted by atomic mass is 10.0. The van der Waals surface area contributed by atoms with E-state index < -0.39 is 0 Å². The molecule has 0 radical (unpaired) electrons. The van der Waals surface area contributed by atoms with Crippen LogP contribution in [0.1, 0.15) is 28.8 Å². The van der Waals surface area contributed by atoms with E-state index in [-0.39, 0.29) is 5.91 Å². The number of piperidine rings is 1. The molecule has 0 atom stereocenters. The highest BCUT2D eigenvalue weighted by Gasteiger charge is 2.24. The predicted molar refractivity (Wildman–Crippen MR) is 131 cm³/mol. The number of aromatic nitrogens is 2. The number of benzene rings is 2. The summed E-state index contributed by atoms with van der Waals surface area (Å²) in [5.41, 5.74) is 2.84. The average Bonchev–Trinajstić information content (AvgIpc) is 3.18. The van der Waals surface area contributed by atoms with Gasteiger partial charge >= 0.3 is 0 Å². The van der Waals surface area contributed by atoms with E-state index in [1.807, 2.05) is 54.4 Å². The third kappa shape index (κ3) is 5.44. The van der Waals surface area contributed by atoms with Crippen LogP contribution in [0.5, 0.6) is 0 Å². The first-order valence-electron chi connectivity index (χ1n) is 10.3.